The van der Waals surface area contributed by atoms with E-state index in [1.807, 2.05) is 0 Å². The Kier molecular flexibility index (Phi) is 29.2. The summed E-state index contributed by atoms with van der Waals surface area (Å²) < 4.78 is 120. The van der Waals surface area contributed by atoms with Crippen LogP contribution >= 0.6 is 0 Å². The minimum atomic E-state index is -5.46. The first kappa shape index (κ1) is 85.2. The quantitative estimate of drug-likeness (QED) is 0.177. The molecule has 3 heterocycles. The summed E-state index contributed by atoms with van der Waals surface area (Å²) in [7, 11) is 10.4. The van der Waals surface area contributed by atoms with Gasteiger partial charge in [0.2, 0.25) is 70.9 Å². The summed E-state index contributed by atoms with van der Waals surface area (Å²) in [5.41, 5.74) is -5.28. The largest absolute Gasteiger partial charge is 0.422 e. The lowest BCUT2D eigenvalue weighted by Gasteiger charge is -2.47. The predicted molar refractivity (Wildman–Crippen MR) is 367 cm³/mol. The lowest BCUT2D eigenvalue weighted by Crippen LogP contribution is -2.68. The number of benzene rings is 2. The molecular formula is C72H100F8N12O13. The van der Waals surface area contributed by atoms with Crippen molar-refractivity contribution >= 4 is 70.9 Å². The molecule has 6 rings (SSSR count). The number of carbonyl (C=O) groups excluding carboxylic acids is 12. The number of carbonyl (C=O) groups is 12. The zero-order valence-corrected chi connectivity index (χ0v) is 62.1. The maximum atomic E-state index is 15.4. The standard InChI is InChI=1S/C72H100F8N12O13/c1-15-41(5)59-67(102)86(10)40-57(95)88(12)51-23-20-19-21-32-91(66(51)101)54(35-43-24-27-46(28-25-43)71(75,76)77)65(100)85(9)39-55(93)81-50(29-26-44-33-48(73)58(49(74)34-44)72(78,79)80)63(98)92-38-47(105-18-4)36-52(92)62(97)83-70(30-22-31-70)69(104)90(14)60(45(16-2)17-3)68(103)89(13)53(64(99)84(7)8)37-56(94)87(11)42(6)61(96)82-59/h19-20,24-25,27-28,33-34,41-42,45,47,50-54,59-60H,15-18,21-23,26,29-32,35-40H2,1-14H3,(H,81,93)(H,82,96)(H,83,97)/b20-19-/t41-,42-,47+,50-,51-,52-,53-,54-,59-,60-/m0/s1. The average Bonchev–Trinajstić information content (AvgIpc) is 1.67. The van der Waals surface area contributed by atoms with Gasteiger partial charge < -0.3 is 64.8 Å². The fourth-order valence-electron chi connectivity index (χ4n) is 13.9. The van der Waals surface area contributed by atoms with E-state index in [1.165, 1.54) is 61.2 Å². The van der Waals surface area contributed by atoms with Crippen LogP contribution in [0.25, 0.3) is 0 Å². The van der Waals surface area contributed by atoms with Crippen molar-refractivity contribution in [2.24, 2.45) is 11.8 Å². The monoisotopic (exact) mass is 1490 g/mol. The number of alkyl halides is 6. The molecule has 105 heavy (non-hydrogen) atoms. The second-order valence-electron chi connectivity index (χ2n) is 28.1. The molecule has 0 unspecified atom stereocenters. The normalized spacial score (nSPS) is 25.6. The number of nitrogens with zero attached hydrogens (tertiary/aromatic N) is 9. The third-order valence-electron chi connectivity index (χ3n) is 20.9. The van der Waals surface area contributed by atoms with E-state index < -0.39 is 222 Å². The van der Waals surface area contributed by atoms with Crippen molar-refractivity contribution in [3.05, 3.63) is 82.4 Å². The molecule has 25 nitrogen and oxygen atoms in total. The van der Waals surface area contributed by atoms with E-state index in [-0.39, 0.29) is 57.4 Å². The molecule has 12 amide bonds. The molecule has 1 aliphatic carbocycles. The Bertz CT molecular complexity index is 3530. The first-order chi connectivity index (χ1) is 49.1. The Hall–Kier alpha value is -8.78. The second-order valence-corrected chi connectivity index (χ2v) is 28.1. The van der Waals surface area contributed by atoms with Crippen molar-refractivity contribution in [3.8, 4) is 0 Å². The smallest absolute Gasteiger partial charge is 0.377 e. The van der Waals surface area contributed by atoms with Crippen LogP contribution in [0.1, 0.15) is 134 Å². The van der Waals surface area contributed by atoms with Gasteiger partial charge in [0.05, 0.1) is 31.2 Å². The van der Waals surface area contributed by atoms with Crippen LogP contribution in [0, 0.1) is 23.5 Å². The van der Waals surface area contributed by atoms with Gasteiger partial charge in [-0.3, -0.25) is 57.5 Å². The van der Waals surface area contributed by atoms with E-state index in [1.54, 1.807) is 46.8 Å². The number of amides is 12. The highest BCUT2D eigenvalue weighted by Gasteiger charge is 2.53. The van der Waals surface area contributed by atoms with E-state index >= 15 is 37.5 Å². The topological polar surface area (TPSA) is 279 Å². The van der Waals surface area contributed by atoms with Crippen molar-refractivity contribution in [2.75, 3.05) is 89.2 Å². The van der Waals surface area contributed by atoms with Crippen LogP contribution in [0.3, 0.4) is 0 Å². The number of hydrogen-bond acceptors (Lipinski definition) is 13. The van der Waals surface area contributed by atoms with Crippen LogP contribution in [0.15, 0.2) is 48.6 Å². The molecule has 3 aliphatic heterocycles. The number of likely N-dealkylation sites (N-methyl/N-ethyl adjacent to an activating group) is 7. The maximum absolute atomic E-state index is 15.4. The third-order valence-corrected chi connectivity index (χ3v) is 20.9. The highest BCUT2D eigenvalue weighted by atomic mass is 19.4. The summed E-state index contributed by atoms with van der Waals surface area (Å²) in [5.74, 6) is -15.5. The van der Waals surface area contributed by atoms with Gasteiger partial charge in [0.1, 0.15) is 71.1 Å². The average molecular weight is 1490 g/mol. The zero-order chi connectivity index (χ0) is 78.7. The van der Waals surface area contributed by atoms with Gasteiger partial charge >= 0.3 is 12.4 Å². The second kappa shape index (κ2) is 36.0. The van der Waals surface area contributed by atoms with Crippen molar-refractivity contribution in [3.63, 3.8) is 0 Å². The molecule has 1 saturated carbocycles. The molecule has 10 atom stereocenters. The molecule has 0 radical (unpaired) electrons. The minimum Gasteiger partial charge on any atom is -0.377 e. The number of ether oxygens (including phenoxy) is 1. The molecule has 1 spiro atoms. The van der Waals surface area contributed by atoms with Crippen LogP contribution in [-0.4, -0.2) is 264 Å². The number of fused-ring (bicyclic) bond motifs is 3. The Morgan fingerprint density at radius 2 is 1.29 bits per heavy atom. The number of rotatable bonds is 13. The summed E-state index contributed by atoms with van der Waals surface area (Å²) in [6, 6.07) is -7.48. The number of hydrogen-bond donors (Lipinski definition) is 3. The van der Waals surface area contributed by atoms with Gasteiger partial charge in [-0.15, -0.1) is 0 Å². The molecule has 2 aromatic carbocycles. The number of aryl methyl sites for hydroxylation is 1. The van der Waals surface area contributed by atoms with E-state index in [2.05, 4.69) is 16.0 Å². The van der Waals surface area contributed by atoms with Gasteiger partial charge in [0.25, 0.3) is 0 Å². The van der Waals surface area contributed by atoms with Crippen molar-refractivity contribution in [2.45, 2.75) is 197 Å². The molecule has 3 N–H and O–H groups in total. The third kappa shape index (κ3) is 20.2. The number of halogens is 8. The Labute approximate surface area is 607 Å². The molecular weight excluding hydrogens is 1390 g/mol. The van der Waals surface area contributed by atoms with E-state index in [0.717, 1.165) is 70.5 Å². The first-order valence-corrected chi connectivity index (χ1v) is 35.4. The zero-order valence-electron chi connectivity index (χ0n) is 62.1. The molecule has 3 fully saturated rings. The Morgan fingerprint density at radius 1 is 0.676 bits per heavy atom. The van der Waals surface area contributed by atoms with Gasteiger partial charge in [-0.25, -0.2) is 8.78 Å². The molecule has 4 aliphatic rings. The van der Waals surface area contributed by atoms with E-state index in [0.29, 0.717) is 37.8 Å². The van der Waals surface area contributed by atoms with Crippen LogP contribution in [0.5, 0.6) is 0 Å². The van der Waals surface area contributed by atoms with Crippen LogP contribution in [-0.2, 0) is 87.5 Å². The lowest BCUT2D eigenvalue weighted by molar-refractivity contribution is -0.158. The van der Waals surface area contributed by atoms with E-state index in [4.69, 9.17) is 4.74 Å². The molecule has 33 heteroatoms. The SMILES string of the molecule is CCO[C@@H]1C[C@H]2C(=O)NC3(CCC3)C(=O)N(C)[C@@H](C(CC)CC)C(=O)N(C)[C@H](C(=O)N(C)C)CC(=O)N(C)[C@@H](C)C(=O)N[C@@H]([C@@H](C)CC)C(=O)N(C)CC(=O)N(C)[C@H]3C/C=C\CCN(C3=O)[C@@H](Cc3ccc(C(F)(F)F)cc3)C(=O)N(C)CC(=O)N[C@@H](CCc3cc(F)c(C(F)(F)F)c(F)c3)C(=O)N2C1. The molecule has 0 aromatic heterocycles. The maximum Gasteiger partial charge on any atom is 0.422 e. The molecule has 582 valence electrons. The van der Waals surface area contributed by atoms with Gasteiger partial charge in [-0.1, -0.05) is 71.2 Å². The van der Waals surface area contributed by atoms with Crippen LogP contribution in [0.4, 0.5) is 35.1 Å². The summed E-state index contributed by atoms with van der Waals surface area (Å²) in [6.45, 7) is 7.77. The van der Waals surface area contributed by atoms with Gasteiger partial charge in [0.15, 0.2) is 0 Å². The predicted octanol–water partition coefficient (Wildman–Crippen LogP) is 4.96. The number of nitrogens with one attached hydrogen (secondary N) is 3. The molecule has 2 saturated heterocycles. The van der Waals surface area contributed by atoms with Crippen molar-refractivity contribution in [1.29, 1.82) is 0 Å². The fraction of sp³-hybridized carbons (Fsp3) is 0.639. The highest BCUT2D eigenvalue weighted by Crippen LogP contribution is 2.38. The van der Waals surface area contributed by atoms with Crippen molar-refractivity contribution in [1.82, 2.24) is 60.0 Å². The van der Waals surface area contributed by atoms with E-state index in [9.17, 15) is 55.1 Å². The minimum absolute atomic E-state index is 0.0189. The summed E-state index contributed by atoms with van der Waals surface area (Å²) in [5, 5.41) is 8.11. The fourth-order valence-corrected chi connectivity index (χ4v) is 13.9. The molecule has 2 aromatic rings. The molecule has 2 bridgehead atoms. The highest BCUT2D eigenvalue weighted by molar-refractivity contribution is 6.01. The summed E-state index contributed by atoms with van der Waals surface area (Å²) >= 11 is 0. The van der Waals surface area contributed by atoms with Gasteiger partial charge in [-0.05, 0) is 106 Å². The first-order valence-electron chi connectivity index (χ1n) is 35.4. The Balaban J connectivity index is 1.50. The Morgan fingerprint density at radius 3 is 1.83 bits per heavy atom. The summed E-state index contributed by atoms with van der Waals surface area (Å²) in [6.07, 6.45) is -9.24. The van der Waals surface area contributed by atoms with Crippen LogP contribution in [0.2, 0.25) is 0 Å². The lowest BCUT2D eigenvalue weighted by atomic mass is 9.74. The van der Waals surface area contributed by atoms with Crippen LogP contribution < -0.4 is 16.0 Å². The van der Waals surface area contributed by atoms with Crippen molar-refractivity contribution < 1.29 is 97.4 Å². The summed E-state index contributed by atoms with van der Waals surface area (Å²) in [4.78, 5) is 188. The van der Waals surface area contributed by atoms with Gasteiger partial charge in [0, 0.05) is 88.9 Å². The van der Waals surface area contributed by atoms with Gasteiger partial charge in [-0.2, -0.15) is 26.3 Å².